The molecule has 1 rings (SSSR count). The molecule has 0 bridgehead atoms. The molecule has 0 amide bonds. The molecular formula is C11H19N3O3S. The zero-order valence-electron chi connectivity index (χ0n) is 10.8. The van der Waals surface area contributed by atoms with Gasteiger partial charge in [0.25, 0.3) is 0 Å². The fraction of sp³-hybridized carbons (Fsp3) is 0.455. The molecule has 0 aliphatic rings. The van der Waals surface area contributed by atoms with Crippen LogP contribution in [-0.2, 0) is 16.8 Å². The first-order valence-electron chi connectivity index (χ1n) is 5.56. The standard InChI is InChI=1S/C11H19N3O3S/c1-4-17-11-6-5-10(7-9(11)8-12)13-18(15,16)14(2)3/h5-7,13H,4,8,12H2,1-3H3. The average Bonchev–Trinajstić information content (AvgIpc) is 2.30. The summed E-state index contributed by atoms with van der Waals surface area (Å²) in [6, 6.07) is 5.02. The van der Waals surface area contributed by atoms with Gasteiger partial charge in [-0.3, -0.25) is 4.72 Å². The molecular weight excluding hydrogens is 254 g/mol. The van der Waals surface area contributed by atoms with Crippen molar-refractivity contribution >= 4 is 15.9 Å². The Kier molecular flexibility index (Phi) is 4.94. The van der Waals surface area contributed by atoms with Crippen LogP contribution in [0.5, 0.6) is 5.75 Å². The summed E-state index contributed by atoms with van der Waals surface area (Å²) >= 11 is 0. The molecule has 0 spiro atoms. The van der Waals surface area contributed by atoms with Gasteiger partial charge in [0.15, 0.2) is 0 Å². The van der Waals surface area contributed by atoms with E-state index < -0.39 is 10.2 Å². The minimum atomic E-state index is -3.50. The van der Waals surface area contributed by atoms with Gasteiger partial charge in [-0.2, -0.15) is 12.7 Å². The highest BCUT2D eigenvalue weighted by molar-refractivity contribution is 7.90. The third-order valence-electron chi connectivity index (χ3n) is 2.31. The summed E-state index contributed by atoms with van der Waals surface area (Å²) in [6.07, 6.45) is 0. The Morgan fingerprint density at radius 3 is 2.56 bits per heavy atom. The maximum atomic E-state index is 11.7. The number of nitrogens with one attached hydrogen (secondary N) is 1. The number of nitrogens with zero attached hydrogens (tertiary/aromatic N) is 1. The number of nitrogens with two attached hydrogens (primary N) is 1. The summed E-state index contributed by atoms with van der Waals surface area (Å²) in [5, 5.41) is 0. The van der Waals surface area contributed by atoms with Gasteiger partial charge >= 0.3 is 10.2 Å². The van der Waals surface area contributed by atoms with Crippen molar-refractivity contribution in [2.24, 2.45) is 5.73 Å². The molecule has 0 unspecified atom stereocenters. The molecule has 1 aromatic carbocycles. The van der Waals surface area contributed by atoms with Gasteiger partial charge in [0.1, 0.15) is 5.75 Å². The number of hydrogen-bond acceptors (Lipinski definition) is 4. The summed E-state index contributed by atoms with van der Waals surface area (Å²) < 4.78 is 32.3. The van der Waals surface area contributed by atoms with Crippen LogP contribution in [0, 0.1) is 0 Å². The van der Waals surface area contributed by atoms with Crippen LogP contribution in [-0.4, -0.2) is 33.4 Å². The second-order valence-electron chi connectivity index (χ2n) is 3.85. The lowest BCUT2D eigenvalue weighted by atomic mass is 10.2. The lowest BCUT2D eigenvalue weighted by Gasteiger charge is -2.15. The van der Waals surface area contributed by atoms with Crippen LogP contribution in [0.15, 0.2) is 18.2 Å². The first-order valence-corrected chi connectivity index (χ1v) is 7.00. The van der Waals surface area contributed by atoms with Gasteiger partial charge in [-0.05, 0) is 25.1 Å². The molecule has 0 aliphatic carbocycles. The van der Waals surface area contributed by atoms with E-state index in [-0.39, 0.29) is 6.54 Å². The summed E-state index contributed by atoms with van der Waals surface area (Å²) in [5.41, 5.74) is 6.83. The van der Waals surface area contributed by atoms with Crippen LogP contribution in [0.2, 0.25) is 0 Å². The average molecular weight is 273 g/mol. The molecule has 0 aliphatic heterocycles. The Hall–Kier alpha value is -1.31. The highest BCUT2D eigenvalue weighted by Gasteiger charge is 2.13. The lowest BCUT2D eigenvalue weighted by molar-refractivity contribution is 0.336. The van der Waals surface area contributed by atoms with E-state index >= 15 is 0 Å². The predicted octanol–water partition coefficient (Wildman–Crippen LogP) is 0.762. The summed E-state index contributed by atoms with van der Waals surface area (Å²) in [4.78, 5) is 0. The van der Waals surface area contributed by atoms with Crippen molar-refractivity contribution in [1.82, 2.24) is 4.31 Å². The largest absolute Gasteiger partial charge is 0.494 e. The number of anilines is 1. The first kappa shape index (κ1) is 14.7. The number of hydrogen-bond donors (Lipinski definition) is 2. The highest BCUT2D eigenvalue weighted by atomic mass is 32.2. The van der Waals surface area contributed by atoms with Gasteiger partial charge in [-0.15, -0.1) is 0 Å². The van der Waals surface area contributed by atoms with Crippen molar-refractivity contribution in [1.29, 1.82) is 0 Å². The minimum absolute atomic E-state index is 0.285. The van der Waals surface area contributed by atoms with E-state index in [1.54, 1.807) is 18.2 Å². The molecule has 0 heterocycles. The summed E-state index contributed by atoms with van der Waals surface area (Å²) in [7, 11) is -0.582. The van der Waals surface area contributed by atoms with Gasteiger partial charge in [-0.1, -0.05) is 0 Å². The van der Waals surface area contributed by atoms with E-state index in [4.69, 9.17) is 10.5 Å². The van der Waals surface area contributed by atoms with Gasteiger partial charge in [-0.25, -0.2) is 0 Å². The molecule has 0 atom stereocenters. The summed E-state index contributed by atoms with van der Waals surface area (Å²) in [6.45, 7) is 2.70. The molecule has 0 saturated heterocycles. The van der Waals surface area contributed by atoms with E-state index in [0.717, 1.165) is 9.87 Å². The Labute approximate surface area is 108 Å². The van der Waals surface area contributed by atoms with Crippen LogP contribution in [0.1, 0.15) is 12.5 Å². The van der Waals surface area contributed by atoms with E-state index in [1.807, 2.05) is 6.92 Å². The molecule has 102 valence electrons. The maximum absolute atomic E-state index is 11.7. The van der Waals surface area contributed by atoms with Gasteiger partial charge in [0.05, 0.1) is 12.3 Å². The SMILES string of the molecule is CCOc1ccc(NS(=O)(=O)N(C)C)cc1CN. The number of ether oxygens (including phenoxy) is 1. The Morgan fingerprint density at radius 2 is 2.06 bits per heavy atom. The molecule has 3 N–H and O–H groups in total. The molecule has 0 fully saturated rings. The van der Waals surface area contributed by atoms with Crippen LogP contribution < -0.4 is 15.2 Å². The highest BCUT2D eigenvalue weighted by Crippen LogP contribution is 2.23. The predicted molar refractivity (Wildman–Crippen MR) is 71.7 cm³/mol. The van der Waals surface area contributed by atoms with Crippen LogP contribution in [0.25, 0.3) is 0 Å². The second-order valence-corrected chi connectivity index (χ2v) is 5.73. The van der Waals surface area contributed by atoms with Gasteiger partial charge in [0, 0.05) is 26.2 Å². The number of benzene rings is 1. The molecule has 0 aromatic heterocycles. The molecule has 1 aromatic rings. The Bertz CT molecular complexity index is 500. The molecule has 0 saturated carbocycles. The second kappa shape index (κ2) is 6.03. The van der Waals surface area contributed by atoms with Crippen molar-refractivity contribution in [3.63, 3.8) is 0 Å². The zero-order chi connectivity index (χ0) is 13.8. The van der Waals surface area contributed by atoms with Crippen molar-refractivity contribution in [3.05, 3.63) is 23.8 Å². The molecule has 0 radical (unpaired) electrons. The Morgan fingerprint density at radius 1 is 1.39 bits per heavy atom. The van der Waals surface area contributed by atoms with E-state index in [1.165, 1.54) is 14.1 Å². The summed E-state index contributed by atoms with van der Waals surface area (Å²) in [5.74, 6) is 0.674. The first-order chi connectivity index (χ1) is 8.40. The smallest absolute Gasteiger partial charge is 0.301 e. The Balaban J connectivity index is 2.99. The lowest BCUT2D eigenvalue weighted by Crippen LogP contribution is -2.29. The zero-order valence-corrected chi connectivity index (χ0v) is 11.6. The van der Waals surface area contributed by atoms with Crippen LogP contribution in [0.3, 0.4) is 0 Å². The van der Waals surface area contributed by atoms with Crippen LogP contribution >= 0.6 is 0 Å². The topological polar surface area (TPSA) is 84.7 Å². The number of rotatable bonds is 6. The molecule has 6 nitrogen and oxygen atoms in total. The maximum Gasteiger partial charge on any atom is 0.301 e. The van der Waals surface area contributed by atoms with Gasteiger partial charge < -0.3 is 10.5 Å². The monoisotopic (exact) mass is 273 g/mol. The van der Waals surface area contributed by atoms with E-state index in [0.29, 0.717) is 18.0 Å². The van der Waals surface area contributed by atoms with Crippen molar-refractivity contribution in [3.8, 4) is 5.75 Å². The minimum Gasteiger partial charge on any atom is -0.494 e. The quantitative estimate of drug-likeness (QED) is 0.801. The van der Waals surface area contributed by atoms with E-state index in [2.05, 4.69) is 4.72 Å². The molecule has 18 heavy (non-hydrogen) atoms. The van der Waals surface area contributed by atoms with Crippen LogP contribution in [0.4, 0.5) is 5.69 Å². The van der Waals surface area contributed by atoms with Crippen molar-refractivity contribution < 1.29 is 13.2 Å². The van der Waals surface area contributed by atoms with E-state index in [9.17, 15) is 8.42 Å². The van der Waals surface area contributed by atoms with Gasteiger partial charge in [0.2, 0.25) is 0 Å². The third kappa shape index (κ3) is 3.59. The fourth-order valence-corrected chi connectivity index (χ4v) is 1.95. The van der Waals surface area contributed by atoms with Crippen molar-refractivity contribution in [2.75, 3.05) is 25.4 Å². The molecule has 7 heteroatoms. The van der Waals surface area contributed by atoms with Crippen molar-refractivity contribution in [2.45, 2.75) is 13.5 Å². The normalized spacial score (nSPS) is 11.6. The fourth-order valence-electron chi connectivity index (χ4n) is 1.34. The third-order valence-corrected chi connectivity index (χ3v) is 3.76.